The number of carbonyl (C=O) groups is 5. The van der Waals surface area contributed by atoms with Crippen molar-refractivity contribution in [1.82, 2.24) is 35.3 Å². The number of hydrogen-bond donors (Lipinski definition) is 6. The number of thiazole rings is 1. The fourth-order valence-electron chi connectivity index (χ4n) is 8.95. The number of halogens is 1. The predicted octanol–water partition coefficient (Wildman–Crippen LogP) is 7.94. The van der Waals surface area contributed by atoms with Crippen molar-refractivity contribution < 1.29 is 60.8 Å². The molecule has 7 rings (SSSR count). The molecular formula is C58H73FN10O12S2Si. The first kappa shape index (κ1) is 63.8. The first-order valence-electron chi connectivity index (χ1n) is 27.3. The first-order valence-corrected chi connectivity index (χ1v) is 33.6. The molecule has 4 atom stereocenters. The lowest BCUT2D eigenvalue weighted by molar-refractivity contribution is -0.144. The second-order valence-corrected chi connectivity index (χ2v) is 30.9. The Morgan fingerprint density at radius 3 is 2.31 bits per heavy atom. The van der Waals surface area contributed by atoms with E-state index in [1.807, 2.05) is 31.2 Å². The molecule has 1 aliphatic heterocycles. The van der Waals surface area contributed by atoms with Gasteiger partial charge in [-0.3, -0.25) is 23.9 Å². The van der Waals surface area contributed by atoms with E-state index >= 15 is 0 Å². The van der Waals surface area contributed by atoms with Crippen LogP contribution in [-0.4, -0.2) is 126 Å². The quantitative estimate of drug-likeness (QED) is 0.0171. The Hall–Kier alpha value is -7.78. The van der Waals surface area contributed by atoms with Gasteiger partial charge < -0.3 is 50.6 Å². The number of ether oxygens (including phenoxy) is 4. The monoisotopic (exact) mass is 1210 g/mol. The van der Waals surface area contributed by atoms with Crippen LogP contribution in [0.15, 0.2) is 84.4 Å². The third-order valence-electron chi connectivity index (χ3n) is 13.6. The number of benzene rings is 3. The number of nitrogens with two attached hydrogens (primary N) is 1. The van der Waals surface area contributed by atoms with Crippen molar-refractivity contribution in [3.8, 4) is 33.3 Å². The van der Waals surface area contributed by atoms with Crippen molar-refractivity contribution in [3.63, 3.8) is 0 Å². The number of β-amino-alcohol motifs (C(OH)–C–C–N with tert-alkyl or cyclic N) is 1. The van der Waals surface area contributed by atoms with Gasteiger partial charge >= 0.3 is 5.97 Å². The minimum atomic E-state index is -3.83. The van der Waals surface area contributed by atoms with Crippen LogP contribution in [0.1, 0.15) is 91.6 Å². The molecule has 3 aromatic heterocycles. The molecule has 4 amide bonds. The van der Waals surface area contributed by atoms with E-state index in [2.05, 4.69) is 50.3 Å². The minimum absolute atomic E-state index is 0.00875. The summed E-state index contributed by atoms with van der Waals surface area (Å²) in [5.74, 6) is -4.75. The Bertz CT molecular complexity index is 3460. The smallest absolute Gasteiger partial charge is 0.343 e. The minimum Gasteiger partial charge on any atom is -0.484 e. The van der Waals surface area contributed by atoms with Crippen LogP contribution in [0.5, 0.6) is 11.6 Å². The highest BCUT2D eigenvalue weighted by molar-refractivity contribution is 7.92. The molecule has 1 saturated heterocycles. The van der Waals surface area contributed by atoms with Gasteiger partial charge in [-0.05, 0) is 92.2 Å². The van der Waals surface area contributed by atoms with Gasteiger partial charge in [-0.15, -0.1) is 11.3 Å². The summed E-state index contributed by atoms with van der Waals surface area (Å²) in [6.07, 6.45) is -1.75. The second-order valence-electron chi connectivity index (χ2n) is 22.4. The van der Waals surface area contributed by atoms with E-state index < -0.39 is 89.8 Å². The number of sulfonamides is 1. The van der Waals surface area contributed by atoms with Gasteiger partial charge in [0.05, 0.1) is 40.2 Å². The molecule has 3 aromatic carbocycles. The van der Waals surface area contributed by atoms with Gasteiger partial charge in [-0.2, -0.15) is 10.1 Å². The molecule has 0 radical (unpaired) electrons. The molecule has 7 N–H and O–H groups in total. The van der Waals surface area contributed by atoms with Crippen molar-refractivity contribution in [1.29, 1.82) is 0 Å². The first-order chi connectivity index (χ1) is 39.6. The number of pyridine rings is 1. The topological polar surface area (TPSA) is 298 Å². The van der Waals surface area contributed by atoms with Gasteiger partial charge in [0.15, 0.2) is 6.61 Å². The standard InChI is InChI=1S/C58H73FN10O12S2Si/c1-11-79-57(75)42-22-24-46(64-55(42)80-31-47(71)65-51(58(5,6)7)56(74)68-30-41(70)28-44(68)54(73)61-29-36-13-15-38(16-14-36)50-34(3)62-32-82-50)63-53-48(52(60)72)49(66-69(53)33-78-25-26-84(8,9)10)39-19-23-43(67-83(76,77)12-2)45(27-39)81-35(4)37-17-20-40(59)21-18-37/h13-24,27,32,35,41,44,51,67,70H,11-12,25-26,28-31,33H2,1-10H3,(H2,60,72)(H,61,73)(H,63,64)(H,65,71)/t35-,41+,44-,51+/m0/s1. The van der Waals surface area contributed by atoms with Crippen LogP contribution in [0.25, 0.3) is 21.7 Å². The van der Waals surface area contributed by atoms with Crippen molar-refractivity contribution in [2.24, 2.45) is 11.1 Å². The molecule has 4 heterocycles. The molecule has 1 aliphatic rings. The molecule has 0 bridgehead atoms. The largest absolute Gasteiger partial charge is 0.484 e. The number of aryl methyl sites for hydroxylation is 1. The van der Waals surface area contributed by atoms with Gasteiger partial charge in [0.1, 0.15) is 64.9 Å². The molecule has 0 unspecified atom stereocenters. The molecule has 450 valence electrons. The molecule has 26 heteroatoms. The summed E-state index contributed by atoms with van der Waals surface area (Å²) in [7, 11) is -5.41. The predicted molar refractivity (Wildman–Crippen MR) is 319 cm³/mol. The Morgan fingerprint density at radius 2 is 1.68 bits per heavy atom. The number of aliphatic hydroxyl groups excluding tert-OH is 1. The zero-order chi connectivity index (χ0) is 61.3. The number of anilines is 3. The van der Waals surface area contributed by atoms with Gasteiger partial charge in [-0.1, -0.05) is 82.9 Å². The number of aromatic nitrogens is 4. The second kappa shape index (κ2) is 27.3. The molecular weight excluding hydrogens is 1140 g/mol. The summed E-state index contributed by atoms with van der Waals surface area (Å²) >= 11 is 1.53. The maximum Gasteiger partial charge on any atom is 0.343 e. The number of rotatable bonds is 26. The molecule has 0 spiro atoms. The zero-order valence-electron chi connectivity index (χ0n) is 48.7. The Labute approximate surface area is 493 Å². The summed E-state index contributed by atoms with van der Waals surface area (Å²) in [5.41, 5.74) is 10.4. The average Bonchev–Trinajstić information content (AvgIpc) is 2.65. The highest BCUT2D eigenvalue weighted by atomic mass is 32.2. The van der Waals surface area contributed by atoms with Crippen molar-refractivity contribution in [3.05, 3.63) is 118 Å². The Balaban J connectivity index is 1.15. The van der Waals surface area contributed by atoms with Crippen LogP contribution in [0.2, 0.25) is 25.7 Å². The Morgan fingerprint density at radius 1 is 0.976 bits per heavy atom. The third-order valence-corrected chi connectivity index (χ3v) is 17.6. The van der Waals surface area contributed by atoms with Crippen LogP contribution in [0, 0.1) is 18.2 Å². The molecule has 0 aliphatic carbocycles. The van der Waals surface area contributed by atoms with E-state index in [4.69, 9.17) is 29.8 Å². The van der Waals surface area contributed by atoms with Gasteiger partial charge in [-0.25, -0.2) is 27.3 Å². The molecule has 84 heavy (non-hydrogen) atoms. The number of hydrogen-bond acceptors (Lipinski definition) is 17. The number of nitrogens with one attached hydrogen (secondary N) is 4. The number of carbonyl (C=O) groups excluding carboxylic acids is 5. The summed E-state index contributed by atoms with van der Waals surface area (Å²) < 4.78 is 67.2. The van der Waals surface area contributed by atoms with Crippen LogP contribution >= 0.6 is 11.3 Å². The lowest BCUT2D eigenvalue weighted by Gasteiger charge is -2.35. The fourth-order valence-corrected chi connectivity index (χ4v) is 11.2. The van der Waals surface area contributed by atoms with Crippen molar-refractivity contribution >= 4 is 76.4 Å². The highest BCUT2D eigenvalue weighted by Crippen LogP contribution is 2.38. The van der Waals surface area contributed by atoms with Crippen LogP contribution in [0.3, 0.4) is 0 Å². The Kier molecular flexibility index (Phi) is 20.7. The molecule has 0 saturated carbocycles. The number of likely N-dealkylation sites (tertiary alicyclic amines) is 1. The normalized spacial score (nSPS) is 15.2. The third kappa shape index (κ3) is 16.5. The van der Waals surface area contributed by atoms with Gasteiger partial charge in [0.2, 0.25) is 27.7 Å². The maximum atomic E-state index is 14.5. The van der Waals surface area contributed by atoms with Crippen molar-refractivity contribution in [2.75, 3.05) is 42.2 Å². The molecule has 6 aromatic rings. The summed E-state index contributed by atoms with van der Waals surface area (Å²) in [5, 5.41) is 24.3. The van der Waals surface area contributed by atoms with E-state index in [0.717, 1.165) is 27.7 Å². The highest BCUT2D eigenvalue weighted by Gasteiger charge is 2.44. The number of nitrogens with zero attached hydrogens (tertiary/aromatic N) is 5. The summed E-state index contributed by atoms with van der Waals surface area (Å²) in [6, 6.07) is 19.0. The number of amides is 4. The lowest BCUT2D eigenvalue weighted by atomic mass is 9.85. The SMILES string of the molecule is CCOC(=O)c1ccc(Nc2c(C(N)=O)c(-c3ccc(NS(=O)(=O)CC)c(O[C@@H](C)c4ccc(F)cc4)c3)nn2COCC[Si](C)(C)C)nc1OCC(=O)N[C@H](C(=O)N1C[C@H](O)C[C@H]1C(=O)NCc1ccc(-c2scnc2C)cc1)C(C)(C)C. The van der Waals surface area contributed by atoms with Crippen LogP contribution in [-0.2, 0) is 47.2 Å². The van der Waals surface area contributed by atoms with Crippen molar-refractivity contribution in [2.45, 2.75) is 118 Å². The van der Waals surface area contributed by atoms with E-state index in [1.165, 1.54) is 82.4 Å². The fraction of sp³-hybridized carbons (Fsp3) is 0.414. The maximum absolute atomic E-state index is 14.5. The lowest BCUT2D eigenvalue weighted by Crippen LogP contribution is -2.58. The summed E-state index contributed by atoms with van der Waals surface area (Å²) in [4.78, 5) is 80.5. The van der Waals surface area contributed by atoms with E-state index in [-0.39, 0.29) is 89.9 Å². The molecule has 22 nitrogen and oxygen atoms in total. The van der Waals surface area contributed by atoms with E-state index in [1.54, 1.807) is 40.1 Å². The number of aliphatic hydroxyl groups is 1. The molecule has 1 fully saturated rings. The van der Waals surface area contributed by atoms with Crippen LogP contribution < -0.4 is 35.9 Å². The summed E-state index contributed by atoms with van der Waals surface area (Å²) in [6.45, 7) is 17.8. The van der Waals surface area contributed by atoms with E-state index in [9.17, 15) is 41.9 Å². The number of esters is 1. The zero-order valence-corrected chi connectivity index (χ0v) is 51.3. The van der Waals surface area contributed by atoms with Gasteiger partial charge in [0.25, 0.3) is 11.8 Å². The van der Waals surface area contributed by atoms with E-state index in [0.29, 0.717) is 12.2 Å². The number of primary amides is 1. The van der Waals surface area contributed by atoms with Crippen LogP contribution in [0.4, 0.5) is 21.7 Å². The average molecular weight is 1210 g/mol. The van der Waals surface area contributed by atoms with Gasteiger partial charge in [0, 0.05) is 39.8 Å².